The quantitative estimate of drug-likeness (QED) is 0.467. The van der Waals surface area contributed by atoms with Gasteiger partial charge in [0.05, 0.1) is 11.2 Å². The third-order valence-corrected chi connectivity index (χ3v) is 3.57. The van der Waals surface area contributed by atoms with Crippen molar-refractivity contribution in [3.63, 3.8) is 0 Å². The van der Waals surface area contributed by atoms with E-state index in [0.29, 0.717) is 0 Å². The summed E-state index contributed by atoms with van der Waals surface area (Å²) in [6.07, 6.45) is 0. The molecule has 0 fully saturated rings. The molecule has 0 N–H and O–H groups in total. The van der Waals surface area contributed by atoms with Crippen molar-refractivity contribution in [2.45, 2.75) is 98.6 Å². The molecule has 4 heteroatoms. The zero-order valence-electron chi connectivity index (χ0n) is 17.9. The largest absolute Gasteiger partial charge is 0.230 e. The molecule has 0 atom stereocenters. The van der Waals surface area contributed by atoms with E-state index in [4.69, 9.17) is 19.6 Å². The molecule has 0 aliphatic heterocycles. The summed E-state index contributed by atoms with van der Waals surface area (Å²) in [5, 5.41) is 0. The van der Waals surface area contributed by atoms with Crippen LogP contribution in [0.2, 0.25) is 0 Å². The zero-order chi connectivity index (χ0) is 19.7. The lowest BCUT2D eigenvalue weighted by Gasteiger charge is -2.32. The molecule has 0 spiro atoms. The predicted octanol–water partition coefficient (Wildman–Crippen LogP) is 5.96. The lowest BCUT2D eigenvalue weighted by Crippen LogP contribution is -2.30. The Kier molecular flexibility index (Phi) is 6.50. The highest BCUT2D eigenvalue weighted by Gasteiger charge is 2.30. The van der Waals surface area contributed by atoms with Crippen molar-refractivity contribution >= 4 is 0 Å². The zero-order valence-corrected chi connectivity index (χ0v) is 17.9. The van der Waals surface area contributed by atoms with E-state index in [-0.39, 0.29) is 11.2 Å². The number of aryl methyl sites for hydroxylation is 1. The Bertz CT molecular complexity index is 575. The van der Waals surface area contributed by atoms with Gasteiger partial charge in [-0.3, -0.25) is 0 Å². The average Bonchev–Trinajstić information content (AvgIpc) is 2.41. The Morgan fingerprint density at radius 3 is 1.44 bits per heavy atom. The monoisotopic (exact) mass is 352 g/mol. The summed E-state index contributed by atoms with van der Waals surface area (Å²) in [6, 6.07) is 6.24. The van der Waals surface area contributed by atoms with Gasteiger partial charge in [0.2, 0.25) is 0 Å². The molecule has 0 amide bonds. The summed E-state index contributed by atoms with van der Waals surface area (Å²) < 4.78 is 0. The van der Waals surface area contributed by atoms with Crippen LogP contribution >= 0.6 is 0 Å². The van der Waals surface area contributed by atoms with Gasteiger partial charge in [-0.25, -0.2) is 19.6 Å². The van der Waals surface area contributed by atoms with E-state index in [1.54, 1.807) is 0 Å². The van der Waals surface area contributed by atoms with Gasteiger partial charge in [0.25, 0.3) is 0 Å². The van der Waals surface area contributed by atoms with Crippen LogP contribution in [-0.2, 0) is 30.8 Å². The first-order valence-electron chi connectivity index (χ1n) is 8.89. The van der Waals surface area contributed by atoms with Crippen molar-refractivity contribution in [1.29, 1.82) is 0 Å². The van der Waals surface area contributed by atoms with Crippen LogP contribution in [-0.4, -0.2) is 11.2 Å². The first-order valence-corrected chi connectivity index (χ1v) is 8.89. The number of hydrogen-bond donors (Lipinski definition) is 0. The minimum absolute atomic E-state index is 0.355. The van der Waals surface area contributed by atoms with Gasteiger partial charge >= 0.3 is 0 Å². The lowest BCUT2D eigenvalue weighted by molar-refractivity contribution is -0.402. The highest BCUT2D eigenvalue weighted by atomic mass is 17.2. The second kappa shape index (κ2) is 7.36. The predicted molar refractivity (Wildman–Crippen MR) is 101 cm³/mol. The van der Waals surface area contributed by atoms with Gasteiger partial charge in [-0.15, -0.1) is 0 Å². The molecule has 1 aromatic rings. The Hall–Kier alpha value is -0.940. The van der Waals surface area contributed by atoms with Crippen molar-refractivity contribution in [1.82, 2.24) is 0 Å². The van der Waals surface area contributed by atoms with Crippen LogP contribution < -0.4 is 0 Å². The van der Waals surface area contributed by atoms with Crippen molar-refractivity contribution in [2.75, 3.05) is 0 Å². The molecule has 1 aromatic carbocycles. The van der Waals surface area contributed by atoms with E-state index in [2.05, 4.69) is 25.1 Å². The van der Waals surface area contributed by atoms with E-state index in [9.17, 15) is 0 Å². The molecule has 0 saturated carbocycles. The third kappa shape index (κ3) is 7.06. The van der Waals surface area contributed by atoms with Gasteiger partial charge in [0.1, 0.15) is 11.2 Å². The number of benzene rings is 1. The standard InChI is InChI=1S/C21H36O4/c1-15-14-16(20(8,9)24-22-18(2,3)4)12-13-17(15)21(10,11)25-23-19(5,6)7/h12-14H,1-11H3. The topological polar surface area (TPSA) is 36.9 Å². The smallest absolute Gasteiger partial charge is 0.123 e. The Balaban J connectivity index is 2.99. The van der Waals surface area contributed by atoms with Gasteiger partial charge in [0.15, 0.2) is 0 Å². The molecule has 1 rings (SSSR count). The van der Waals surface area contributed by atoms with Crippen molar-refractivity contribution in [3.05, 3.63) is 34.9 Å². The van der Waals surface area contributed by atoms with Gasteiger partial charge in [-0.05, 0) is 92.9 Å². The SMILES string of the molecule is Cc1cc(C(C)(C)OOC(C)(C)C)ccc1C(C)(C)OOC(C)(C)C. The summed E-state index contributed by atoms with van der Waals surface area (Å²) >= 11 is 0. The maximum atomic E-state index is 5.72. The second-order valence-corrected chi connectivity index (χ2v) is 9.61. The van der Waals surface area contributed by atoms with Crippen molar-refractivity contribution in [2.24, 2.45) is 0 Å². The summed E-state index contributed by atoms with van der Waals surface area (Å²) in [7, 11) is 0. The van der Waals surface area contributed by atoms with E-state index in [1.165, 1.54) is 0 Å². The summed E-state index contributed by atoms with van der Waals surface area (Å²) in [5.41, 5.74) is 1.43. The Labute approximate surface area is 153 Å². The molecule has 0 unspecified atom stereocenters. The maximum Gasteiger partial charge on any atom is 0.123 e. The fraction of sp³-hybridized carbons (Fsp3) is 0.714. The van der Waals surface area contributed by atoms with Gasteiger partial charge in [0, 0.05) is 0 Å². The average molecular weight is 353 g/mol. The highest BCUT2D eigenvalue weighted by Crippen LogP contribution is 2.34. The third-order valence-electron chi connectivity index (χ3n) is 3.57. The molecule has 0 bridgehead atoms. The molecule has 0 aliphatic rings. The minimum atomic E-state index is -0.553. The molecular weight excluding hydrogens is 316 g/mol. The van der Waals surface area contributed by atoms with E-state index in [1.807, 2.05) is 69.2 Å². The first-order chi connectivity index (χ1) is 11.0. The second-order valence-electron chi connectivity index (χ2n) is 9.61. The molecule has 0 aromatic heterocycles. The Morgan fingerprint density at radius 1 is 0.600 bits per heavy atom. The van der Waals surface area contributed by atoms with Crippen LogP contribution in [0.25, 0.3) is 0 Å². The molecule has 25 heavy (non-hydrogen) atoms. The molecule has 0 saturated heterocycles. The molecule has 4 nitrogen and oxygen atoms in total. The minimum Gasteiger partial charge on any atom is -0.230 e. The Morgan fingerprint density at radius 2 is 1.04 bits per heavy atom. The maximum absolute atomic E-state index is 5.72. The van der Waals surface area contributed by atoms with Crippen LogP contribution in [0.4, 0.5) is 0 Å². The van der Waals surface area contributed by atoms with Gasteiger partial charge in [-0.2, -0.15) is 0 Å². The van der Waals surface area contributed by atoms with Gasteiger partial charge in [-0.1, -0.05) is 18.2 Å². The van der Waals surface area contributed by atoms with E-state index in [0.717, 1.165) is 16.7 Å². The van der Waals surface area contributed by atoms with E-state index >= 15 is 0 Å². The molecule has 0 aliphatic carbocycles. The number of rotatable bonds is 6. The molecular formula is C21H36O4. The summed E-state index contributed by atoms with van der Waals surface area (Å²) in [5.74, 6) is 0. The van der Waals surface area contributed by atoms with Crippen molar-refractivity contribution < 1.29 is 19.6 Å². The first kappa shape index (κ1) is 22.1. The van der Waals surface area contributed by atoms with Crippen LogP contribution in [0.5, 0.6) is 0 Å². The summed E-state index contributed by atoms with van der Waals surface area (Å²) in [4.78, 5) is 22.5. The molecule has 0 radical (unpaired) electrons. The van der Waals surface area contributed by atoms with Gasteiger partial charge < -0.3 is 0 Å². The fourth-order valence-electron chi connectivity index (χ4n) is 2.27. The van der Waals surface area contributed by atoms with Crippen molar-refractivity contribution in [3.8, 4) is 0 Å². The molecule has 0 heterocycles. The van der Waals surface area contributed by atoms with Crippen LogP contribution in [0, 0.1) is 6.92 Å². The number of hydrogen-bond acceptors (Lipinski definition) is 4. The van der Waals surface area contributed by atoms with Crippen LogP contribution in [0.15, 0.2) is 18.2 Å². The highest BCUT2D eigenvalue weighted by molar-refractivity contribution is 5.36. The van der Waals surface area contributed by atoms with E-state index < -0.39 is 11.2 Å². The van der Waals surface area contributed by atoms with Crippen LogP contribution in [0.3, 0.4) is 0 Å². The lowest BCUT2D eigenvalue weighted by atomic mass is 9.89. The summed E-state index contributed by atoms with van der Waals surface area (Å²) in [6.45, 7) is 21.9. The van der Waals surface area contributed by atoms with Crippen LogP contribution in [0.1, 0.15) is 85.9 Å². The molecule has 144 valence electrons. The normalized spacial score (nSPS) is 14.0. The fourth-order valence-corrected chi connectivity index (χ4v) is 2.27.